The summed E-state index contributed by atoms with van der Waals surface area (Å²) in [5.41, 5.74) is 2.82. The van der Waals surface area contributed by atoms with Gasteiger partial charge in [0.1, 0.15) is 0 Å². The van der Waals surface area contributed by atoms with Crippen LogP contribution in [0.1, 0.15) is 111 Å². The molecule has 5 fully saturated rings. The minimum Gasteiger partial charge on any atom is -0.393 e. The monoisotopic (exact) mass is 546 g/mol. The average molecular weight is 547 g/mol. The van der Waals surface area contributed by atoms with Gasteiger partial charge < -0.3 is 10.4 Å². The normalized spacial score (nSPS) is 47.3. The third-order valence-corrected chi connectivity index (χ3v) is 14.7. The van der Waals surface area contributed by atoms with E-state index >= 15 is 0 Å². The van der Waals surface area contributed by atoms with Crippen LogP contribution in [-0.2, 0) is 11.3 Å². The van der Waals surface area contributed by atoms with Gasteiger partial charge in [-0.1, -0.05) is 52.8 Å². The molecule has 4 nitrogen and oxygen atoms in total. The van der Waals surface area contributed by atoms with Gasteiger partial charge >= 0.3 is 0 Å². The Bertz CT molecular complexity index is 1160. The summed E-state index contributed by atoms with van der Waals surface area (Å²) in [6, 6.07) is 4.00. The first kappa shape index (κ1) is 28.4. The van der Waals surface area contributed by atoms with Gasteiger partial charge in [-0.3, -0.25) is 9.78 Å². The van der Waals surface area contributed by atoms with Crippen LogP contribution in [0.5, 0.6) is 0 Å². The molecule has 6 rings (SSSR count). The number of carbonyl (C=O) groups excluding carboxylic acids is 1. The van der Waals surface area contributed by atoms with E-state index in [1.165, 1.54) is 31.3 Å². The number of fused-ring (bicyclic) bond motifs is 7. The summed E-state index contributed by atoms with van der Waals surface area (Å²) in [4.78, 5) is 18.5. The van der Waals surface area contributed by atoms with Gasteiger partial charge in [0.15, 0.2) is 0 Å². The molecule has 5 aliphatic carbocycles. The van der Waals surface area contributed by atoms with E-state index in [2.05, 4.69) is 64.5 Å². The SMILES string of the molecule is C=C(C)[C@@H]1CC[C@]2(C(=O)NCc3cccnc3)CC[C@]3(C)[C@H](CCC4[C@@]5(C)CC[C@H](O)C(C)(C)C5CC[C@]43C)C12. The smallest absolute Gasteiger partial charge is 0.226 e. The number of nitrogens with one attached hydrogen (secondary N) is 1. The van der Waals surface area contributed by atoms with E-state index in [0.29, 0.717) is 36.1 Å². The Hall–Kier alpha value is -1.68. The zero-order valence-corrected chi connectivity index (χ0v) is 26.1. The summed E-state index contributed by atoms with van der Waals surface area (Å²) < 4.78 is 0. The van der Waals surface area contributed by atoms with Crippen molar-refractivity contribution in [1.82, 2.24) is 10.3 Å². The first-order valence-corrected chi connectivity index (χ1v) is 16.3. The maximum atomic E-state index is 14.2. The van der Waals surface area contributed by atoms with Gasteiger partial charge in [-0.2, -0.15) is 0 Å². The Kier molecular flexibility index (Phi) is 6.69. The van der Waals surface area contributed by atoms with Crippen LogP contribution in [0.25, 0.3) is 0 Å². The summed E-state index contributed by atoms with van der Waals surface area (Å²) >= 11 is 0. The molecular formula is C36H54N2O2. The van der Waals surface area contributed by atoms with Crippen molar-refractivity contribution in [2.24, 2.45) is 56.7 Å². The molecule has 40 heavy (non-hydrogen) atoms. The highest BCUT2D eigenvalue weighted by Gasteiger charge is 2.71. The van der Waals surface area contributed by atoms with Crippen molar-refractivity contribution in [3.8, 4) is 0 Å². The van der Waals surface area contributed by atoms with Gasteiger partial charge in [0.05, 0.1) is 11.5 Å². The molecule has 1 amide bonds. The Balaban J connectivity index is 1.34. The Morgan fingerprint density at radius 3 is 2.45 bits per heavy atom. The predicted molar refractivity (Wildman–Crippen MR) is 161 cm³/mol. The van der Waals surface area contributed by atoms with E-state index < -0.39 is 0 Å². The van der Waals surface area contributed by atoms with Gasteiger partial charge in [0.25, 0.3) is 0 Å². The molecule has 0 saturated heterocycles. The highest BCUT2D eigenvalue weighted by molar-refractivity contribution is 5.84. The zero-order valence-electron chi connectivity index (χ0n) is 26.1. The summed E-state index contributed by atoms with van der Waals surface area (Å²) in [5.74, 6) is 2.91. The number of carbonyl (C=O) groups is 1. The first-order chi connectivity index (χ1) is 18.8. The molecule has 0 aromatic carbocycles. The molecule has 10 atom stereocenters. The van der Waals surface area contributed by atoms with E-state index in [0.717, 1.165) is 44.1 Å². The lowest BCUT2D eigenvalue weighted by Gasteiger charge is -2.72. The van der Waals surface area contributed by atoms with Crippen molar-refractivity contribution >= 4 is 5.91 Å². The van der Waals surface area contributed by atoms with E-state index in [1.54, 1.807) is 6.20 Å². The number of hydrogen-bond donors (Lipinski definition) is 2. The van der Waals surface area contributed by atoms with Gasteiger partial charge in [-0.05, 0) is 134 Å². The molecular weight excluding hydrogens is 492 g/mol. The molecule has 0 spiro atoms. The number of pyridine rings is 1. The summed E-state index contributed by atoms with van der Waals surface area (Å²) in [6.45, 7) is 19.8. The first-order valence-electron chi connectivity index (χ1n) is 16.3. The van der Waals surface area contributed by atoms with Crippen molar-refractivity contribution in [1.29, 1.82) is 0 Å². The molecule has 0 radical (unpaired) electrons. The largest absolute Gasteiger partial charge is 0.393 e. The second kappa shape index (κ2) is 9.41. The van der Waals surface area contributed by atoms with Crippen molar-refractivity contribution < 1.29 is 9.90 Å². The maximum absolute atomic E-state index is 14.2. The minimum atomic E-state index is -0.281. The second-order valence-corrected chi connectivity index (χ2v) is 16.3. The molecule has 220 valence electrons. The van der Waals surface area contributed by atoms with Crippen LogP contribution in [0.2, 0.25) is 0 Å². The number of aromatic nitrogens is 1. The summed E-state index contributed by atoms with van der Waals surface area (Å²) in [7, 11) is 0. The van der Waals surface area contributed by atoms with E-state index in [-0.39, 0.29) is 39.1 Å². The topological polar surface area (TPSA) is 62.2 Å². The number of rotatable bonds is 4. The standard InChI is InChI=1S/C36H54N2O2/c1-23(2)25-12-17-36(31(40)38-22-24-9-8-20-37-21-24)19-18-34(6)26(30(25)36)10-11-28-33(5)15-14-29(39)32(3,4)27(33)13-16-35(28,34)7/h8-9,20-21,25-30,39H,1,10-19,22H2,2-7H3,(H,38,40)/t25-,26+,27?,28?,29-,30?,33-,34+,35+,36-/m0/s1. The van der Waals surface area contributed by atoms with Gasteiger partial charge in [0.2, 0.25) is 5.91 Å². The number of nitrogens with zero attached hydrogens (tertiary/aromatic N) is 1. The zero-order chi connectivity index (χ0) is 28.7. The molecule has 0 bridgehead atoms. The Labute approximate surface area is 243 Å². The quantitative estimate of drug-likeness (QED) is 0.380. The predicted octanol–water partition coefficient (Wildman–Crippen LogP) is 7.72. The van der Waals surface area contributed by atoms with Gasteiger partial charge in [0, 0.05) is 18.9 Å². The molecule has 5 saturated carbocycles. The average Bonchev–Trinajstić information content (AvgIpc) is 3.32. The molecule has 1 aromatic heterocycles. The van der Waals surface area contributed by atoms with E-state index in [4.69, 9.17) is 0 Å². The number of allylic oxidation sites excluding steroid dienone is 1. The van der Waals surface area contributed by atoms with E-state index in [1.807, 2.05) is 12.3 Å². The Morgan fingerprint density at radius 2 is 1.75 bits per heavy atom. The van der Waals surface area contributed by atoms with Crippen molar-refractivity contribution in [2.45, 2.75) is 118 Å². The molecule has 5 aliphatic rings. The fourth-order valence-electron chi connectivity index (χ4n) is 12.4. The van der Waals surface area contributed by atoms with Crippen LogP contribution in [0.4, 0.5) is 0 Å². The van der Waals surface area contributed by atoms with E-state index in [9.17, 15) is 9.90 Å². The minimum absolute atomic E-state index is 0.0172. The molecule has 4 heteroatoms. The number of aliphatic hydroxyl groups is 1. The molecule has 2 N–H and O–H groups in total. The Morgan fingerprint density at radius 1 is 0.975 bits per heavy atom. The van der Waals surface area contributed by atoms with Crippen molar-refractivity contribution in [2.75, 3.05) is 0 Å². The fourth-order valence-corrected chi connectivity index (χ4v) is 12.4. The number of hydrogen-bond acceptors (Lipinski definition) is 3. The van der Waals surface area contributed by atoms with Crippen molar-refractivity contribution in [3.63, 3.8) is 0 Å². The highest BCUT2D eigenvalue weighted by atomic mass is 16.3. The molecule has 1 heterocycles. The van der Waals surface area contributed by atoms with Crippen LogP contribution >= 0.6 is 0 Å². The molecule has 1 aromatic rings. The third-order valence-electron chi connectivity index (χ3n) is 14.7. The van der Waals surface area contributed by atoms with Crippen LogP contribution in [0.15, 0.2) is 36.7 Å². The van der Waals surface area contributed by atoms with Crippen LogP contribution in [-0.4, -0.2) is 22.1 Å². The maximum Gasteiger partial charge on any atom is 0.226 e. The summed E-state index contributed by atoms with van der Waals surface area (Å²) in [5, 5.41) is 14.4. The van der Waals surface area contributed by atoms with Crippen LogP contribution in [0.3, 0.4) is 0 Å². The lowest BCUT2D eigenvalue weighted by atomic mass is 9.32. The van der Waals surface area contributed by atoms with Gasteiger partial charge in [-0.15, -0.1) is 0 Å². The summed E-state index contributed by atoms with van der Waals surface area (Å²) in [6.07, 6.45) is 14.8. The lowest BCUT2D eigenvalue weighted by Crippen LogP contribution is -2.67. The highest BCUT2D eigenvalue weighted by Crippen LogP contribution is 2.77. The number of amides is 1. The molecule has 0 aliphatic heterocycles. The third kappa shape index (κ3) is 3.72. The number of aliphatic hydroxyl groups excluding tert-OH is 1. The fraction of sp³-hybridized carbons (Fsp3) is 0.778. The second-order valence-electron chi connectivity index (χ2n) is 16.3. The lowest BCUT2D eigenvalue weighted by molar-refractivity contribution is -0.246. The van der Waals surface area contributed by atoms with Crippen LogP contribution < -0.4 is 5.32 Å². The van der Waals surface area contributed by atoms with Crippen LogP contribution in [0, 0.1) is 56.7 Å². The molecule has 3 unspecified atom stereocenters. The van der Waals surface area contributed by atoms with Crippen molar-refractivity contribution in [3.05, 3.63) is 42.2 Å². The van der Waals surface area contributed by atoms with Gasteiger partial charge in [-0.25, -0.2) is 0 Å².